The van der Waals surface area contributed by atoms with Crippen LogP contribution in [0.15, 0.2) is 30.9 Å². The van der Waals surface area contributed by atoms with E-state index in [2.05, 4.69) is 25.7 Å². The average molecular weight is 367 g/mol. The summed E-state index contributed by atoms with van der Waals surface area (Å²) in [5.41, 5.74) is 8.03. The smallest absolute Gasteiger partial charge is 0.263 e. The number of nitrogens with one attached hydrogen (secondary N) is 2. The highest BCUT2D eigenvalue weighted by atomic mass is 16.5. The van der Waals surface area contributed by atoms with Crippen molar-refractivity contribution < 1.29 is 9.53 Å². The molecule has 1 aliphatic carbocycles. The standard InChI is InChI=1S/C18H21N7O2/c1-20-6-12-7-22-17-15(16(19)24-25(17)9-12)18(26)23-13-8-21-5-4-14(13)27-10-11-2-3-11/h4-5,7-9,11,20H,2-3,6,10H2,1H3,(H2,19,24)(H,23,26). The number of carbonyl (C=O) groups is 1. The number of ether oxygens (including phenoxy) is 1. The first kappa shape index (κ1) is 17.2. The van der Waals surface area contributed by atoms with E-state index in [9.17, 15) is 4.79 Å². The van der Waals surface area contributed by atoms with E-state index in [1.807, 2.05) is 7.05 Å². The van der Waals surface area contributed by atoms with E-state index in [4.69, 9.17) is 10.5 Å². The molecule has 1 amide bonds. The van der Waals surface area contributed by atoms with Gasteiger partial charge in [0, 0.05) is 36.8 Å². The Hall–Kier alpha value is -3.20. The van der Waals surface area contributed by atoms with Crippen LogP contribution in [0.4, 0.5) is 11.5 Å². The second-order valence-electron chi connectivity index (χ2n) is 6.60. The van der Waals surface area contributed by atoms with Gasteiger partial charge in [-0.2, -0.15) is 0 Å². The lowest BCUT2D eigenvalue weighted by atomic mass is 10.2. The first-order valence-corrected chi connectivity index (χ1v) is 8.81. The van der Waals surface area contributed by atoms with Gasteiger partial charge in [-0.25, -0.2) is 9.50 Å². The van der Waals surface area contributed by atoms with Gasteiger partial charge in [0.25, 0.3) is 5.91 Å². The number of amides is 1. The van der Waals surface area contributed by atoms with Crippen LogP contribution in [0.5, 0.6) is 5.75 Å². The fourth-order valence-electron chi connectivity index (χ4n) is 2.78. The largest absolute Gasteiger partial charge is 0.491 e. The Morgan fingerprint density at radius 2 is 2.26 bits per heavy atom. The second-order valence-corrected chi connectivity index (χ2v) is 6.60. The molecule has 4 rings (SSSR count). The number of nitrogens with two attached hydrogens (primary N) is 1. The molecule has 1 fully saturated rings. The molecule has 3 heterocycles. The molecule has 0 bridgehead atoms. The molecule has 0 unspecified atom stereocenters. The average Bonchev–Trinajstić information content (AvgIpc) is 3.42. The first-order chi connectivity index (χ1) is 13.2. The number of rotatable bonds is 7. The summed E-state index contributed by atoms with van der Waals surface area (Å²) in [7, 11) is 1.84. The Morgan fingerprint density at radius 3 is 3.04 bits per heavy atom. The Morgan fingerprint density at radius 1 is 1.41 bits per heavy atom. The molecule has 140 valence electrons. The predicted molar refractivity (Wildman–Crippen MR) is 101 cm³/mol. The third-order valence-corrected chi connectivity index (χ3v) is 4.36. The zero-order chi connectivity index (χ0) is 18.8. The van der Waals surface area contributed by atoms with Crippen molar-refractivity contribution in [3.05, 3.63) is 42.0 Å². The minimum absolute atomic E-state index is 0.117. The fourth-order valence-corrected chi connectivity index (χ4v) is 2.78. The molecule has 9 nitrogen and oxygen atoms in total. The maximum Gasteiger partial charge on any atom is 0.263 e. The number of hydrogen-bond acceptors (Lipinski definition) is 7. The molecule has 0 saturated heterocycles. The van der Waals surface area contributed by atoms with E-state index in [0.717, 1.165) is 5.56 Å². The lowest BCUT2D eigenvalue weighted by molar-refractivity contribution is 0.102. The molecule has 1 saturated carbocycles. The minimum atomic E-state index is -0.402. The molecule has 27 heavy (non-hydrogen) atoms. The minimum Gasteiger partial charge on any atom is -0.491 e. The van der Waals surface area contributed by atoms with Gasteiger partial charge in [-0.3, -0.25) is 9.78 Å². The lowest BCUT2D eigenvalue weighted by Crippen LogP contribution is -2.15. The van der Waals surface area contributed by atoms with E-state index in [1.165, 1.54) is 17.4 Å². The highest BCUT2D eigenvalue weighted by Gasteiger charge is 2.24. The van der Waals surface area contributed by atoms with Crippen molar-refractivity contribution in [2.45, 2.75) is 19.4 Å². The lowest BCUT2D eigenvalue weighted by Gasteiger charge is -2.11. The summed E-state index contributed by atoms with van der Waals surface area (Å²) >= 11 is 0. The summed E-state index contributed by atoms with van der Waals surface area (Å²) in [5.74, 6) is 0.907. The molecule has 4 N–H and O–H groups in total. The molecule has 1 aliphatic rings. The monoisotopic (exact) mass is 367 g/mol. The van der Waals surface area contributed by atoms with Gasteiger partial charge in [0.05, 0.1) is 12.8 Å². The summed E-state index contributed by atoms with van der Waals surface area (Å²) in [4.78, 5) is 21.3. The van der Waals surface area contributed by atoms with E-state index in [-0.39, 0.29) is 11.4 Å². The zero-order valence-electron chi connectivity index (χ0n) is 15.0. The van der Waals surface area contributed by atoms with E-state index in [1.54, 1.807) is 30.9 Å². The Labute approximate surface area is 155 Å². The SMILES string of the molecule is CNCc1cnc2c(C(=O)Nc3cnccc3OCC3CC3)c(N)nn2c1. The van der Waals surface area contributed by atoms with Gasteiger partial charge in [-0.1, -0.05) is 0 Å². The van der Waals surface area contributed by atoms with Crippen LogP contribution in [-0.4, -0.2) is 39.1 Å². The van der Waals surface area contributed by atoms with E-state index < -0.39 is 5.91 Å². The molecule has 9 heteroatoms. The number of nitrogen functional groups attached to an aromatic ring is 1. The topological polar surface area (TPSA) is 119 Å². The number of nitrogens with zero attached hydrogens (tertiary/aromatic N) is 4. The number of anilines is 2. The number of fused-ring (bicyclic) bond motifs is 1. The van der Waals surface area contributed by atoms with Crippen LogP contribution in [0, 0.1) is 5.92 Å². The quantitative estimate of drug-likeness (QED) is 0.578. The molecule has 3 aromatic heterocycles. The van der Waals surface area contributed by atoms with Gasteiger partial charge < -0.3 is 21.1 Å². The third-order valence-electron chi connectivity index (χ3n) is 4.36. The van der Waals surface area contributed by atoms with E-state index >= 15 is 0 Å². The summed E-state index contributed by atoms with van der Waals surface area (Å²) in [6.07, 6.45) is 9.05. The van der Waals surface area contributed by atoms with E-state index in [0.29, 0.717) is 36.2 Å². The van der Waals surface area contributed by atoms with Crippen LogP contribution in [0.25, 0.3) is 5.65 Å². The molecule has 3 aromatic rings. The number of aromatic nitrogens is 4. The van der Waals surface area contributed by atoms with Crippen LogP contribution in [0.2, 0.25) is 0 Å². The Balaban J connectivity index is 1.59. The molecular formula is C18H21N7O2. The van der Waals surface area contributed by atoms with Gasteiger partial charge in [0.1, 0.15) is 17.0 Å². The number of hydrogen-bond donors (Lipinski definition) is 3. The fraction of sp³-hybridized carbons (Fsp3) is 0.333. The predicted octanol–water partition coefficient (Wildman–Crippen LogP) is 1.47. The molecule has 0 aliphatic heterocycles. The molecule has 0 radical (unpaired) electrons. The van der Waals surface area contributed by atoms with Crippen LogP contribution in [-0.2, 0) is 6.54 Å². The summed E-state index contributed by atoms with van der Waals surface area (Å²) in [6.45, 7) is 1.28. The van der Waals surface area contributed by atoms with Crippen molar-refractivity contribution in [1.82, 2.24) is 24.9 Å². The molecule has 0 spiro atoms. The molecular weight excluding hydrogens is 346 g/mol. The van der Waals surface area contributed by atoms with Gasteiger partial charge >= 0.3 is 0 Å². The summed E-state index contributed by atoms with van der Waals surface area (Å²) in [5, 5.41) is 10.1. The summed E-state index contributed by atoms with van der Waals surface area (Å²) < 4.78 is 7.33. The van der Waals surface area contributed by atoms with Gasteiger partial charge in [0.15, 0.2) is 11.5 Å². The maximum atomic E-state index is 12.8. The van der Waals surface area contributed by atoms with Crippen molar-refractivity contribution in [2.24, 2.45) is 5.92 Å². The van der Waals surface area contributed by atoms with Crippen molar-refractivity contribution in [2.75, 3.05) is 24.7 Å². The highest BCUT2D eigenvalue weighted by molar-refractivity contribution is 6.11. The Bertz CT molecular complexity index is 981. The van der Waals surface area contributed by atoms with Crippen molar-refractivity contribution in [3.8, 4) is 5.75 Å². The maximum absolute atomic E-state index is 12.8. The normalized spacial score (nSPS) is 13.7. The van der Waals surface area contributed by atoms with Crippen LogP contribution in [0.3, 0.4) is 0 Å². The summed E-state index contributed by atoms with van der Waals surface area (Å²) in [6, 6.07) is 1.74. The van der Waals surface area contributed by atoms with Crippen molar-refractivity contribution in [3.63, 3.8) is 0 Å². The second kappa shape index (κ2) is 7.20. The van der Waals surface area contributed by atoms with Gasteiger partial charge in [-0.05, 0) is 25.8 Å². The third kappa shape index (κ3) is 3.68. The number of carbonyl (C=O) groups excluding carboxylic acids is 1. The Kier molecular flexibility index (Phi) is 4.59. The van der Waals surface area contributed by atoms with Gasteiger partial charge in [-0.15, -0.1) is 5.10 Å². The van der Waals surface area contributed by atoms with Crippen molar-refractivity contribution >= 4 is 23.1 Å². The molecule has 0 aromatic carbocycles. The van der Waals surface area contributed by atoms with Gasteiger partial charge in [0.2, 0.25) is 0 Å². The van der Waals surface area contributed by atoms with Crippen molar-refractivity contribution in [1.29, 1.82) is 0 Å². The first-order valence-electron chi connectivity index (χ1n) is 8.81. The molecule has 0 atom stereocenters. The van der Waals surface area contributed by atoms with Crippen LogP contribution in [0.1, 0.15) is 28.8 Å². The van der Waals surface area contributed by atoms with Crippen LogP contribution >= 0.6 is 0 Å². The number of pyridine rings is 1. The van der Waals surface area contributed by atoms with Crippen LogP contribution < -0.4 is 21.1 Å². The zero-order valence-corrected chi connectivity index (χ0v) is 15.0. The highest BCUT2D eigenvalue weighted by Crippen LogP contribution is 2.31.